The molecule has 0 bridgehead atoms. The van der Waals surface area contributed by atoms with Gasteiger partial charge in [0.05, 0.1) is 9.73 Å². The molecule has 0 aliphatic heterocycles. The van der Waals surface area contributed by atoms with Crippen molar-refractivity contribution in [3.05, 3.63) is 28.8 Å². The number of hydrogen-bond donors (Lipinski definition) is 0. The summed E-state index contributed by atoms with van der Waals surface area (Å²) in [5.74, 6) is 0.888. The van der Waals surface area contributed by atoms with E-state index in [1.54, 1.807) is 13.1 Å². The topological polar surface area (TPSA) is 29.4 Å². The minimum atomic E-state index is -2.27. The Morgan fingerprint density at radius 3 is 2.44 bits per heavy atom. The van der Waals surface area contributed by atoms with Crippen LogP contribution in [0.2, 0.25) is 5.02 Å². The molecule has 1 unspecified atom stereocenters. The summed E-state index contributed by atoms with van der Waals surface area (Å²) in [6.45, 7) is 6.05. The first-order valence-corrected chi connectivity index (χ1v) is 7.43. The van der Waals surface area contributed by atoms with Crippen molar-refractivity contribution in [3.63, 3.8) is 0 Å². The van der Waals surface area contributed by atoms with E-state index in [2.05, 4.69) is 18.2 Å². The maximum Gasteiger partial charge on any atom is 0.0747 e. The second-order valence-electron chi connectivity index (χ2n) is 3.95. The van der Waals surface area contributed by atoms with Crippen molar-refractivity contribution in [2.75, 3.05) is 12.8 Å². The Balaban J connectivity index is 3.32. The van der Waals surface area contributed by atoms with Crippen molar-refractivity contribution in [1.82, 2.24) is 0 Å². The maximum atomic E-state index is 12.3. The Hall–Kier alpha value is -0.540. The van der Waals surface area contributed by atoms with Crippen molar-refractivity contribution < 1.29 is 4.21 Å². The highest BCUT2D eigenvalue weighted by molar-refractivity contribution is 7.93. The van der Waals surface area contributed by atoms with E-state index >= 15 is 0 Å². The van der Waals surface area contributed by atoms with Crippen molar-refractivity contribution in [2.45, 2.75) is 31.6 Å². The third-order valence-electron chi connectivity index (χ3n) is 2.65. The SMILES string of the molecule is CCS(=O)(=NC)c1ccc(C(C)C)c(Cl)c1. The molecule has 0 radical (unpaired) electrons. The van der Waals surface area contributed by atoms with E-state index in [1.165, 1.54) is 0 Å². The van der Waals surface area contributed by atoms with Crippen LogP contribution in [-0.4, -0.2) is 17.0 Å². The summed E-state index contributed by atoms with van der Waals surface area (Å²) < 4.78 is 16.3. The predicted octanol–water partition coefficient (Wildman–Crippen LogP) is 3.94. The van der Waals surface area contributed by atoms with E-state index in [1.807, 2.05) is 19.1 Å². The number of rotatable bonds is 3. The first kappa shape index (κ1) is 13.5. The fraction of sp³-hybridized carbons (Fsp3) is 0.500. The lowest BCUT2D eigenvalue weighted by Gasteiger charge is -2.12. The van der Waals surface area contributed by atoms with Crippen LogP contribution in [0.15, 0.2) is 27.5 Å². The van der Waals surface area contributed by atoms with Gasteiger partial charge in [-0.3, -0.25) is 0 Å². The molecule has 0 aromatic heterocycles. The molecule has 1 aromatic carbocycles. The first-order valence-electron chi connectivity index (χ1n) is 5.37. The van der Waals surface area contributed by atoms with Crippen molar-refractivity contribution >= 4 is 21.3 Å². The van der Waals surface area contributed by atoms with Gasteiger partial charge in [-0.15, -0.1) is 0 Å². The predicted molar refractivity (Wildman–Crippen MR) is 70.8 cm³/mol. The van der Waals surface area contributed by atoms with Gasteiger partial charge in [-0.1, -0.05) is 38.4 Å². The van der Waals surface area contributed by atoms with Gasteiger partial charge in [0.1, 0.15) is 0 Å². The van der Waals surface area contributed by atoms with Crippen molar-refractivity contribution in [2.24, 2.45) is 4.36 Å². The summed E-state index contributed by atoms with van der Waals surface area (Å²) in [6, 6.07) is 5.61. The number of halogens is 1. The Morgan fingerprint density at radius 2 is 2.06 bits per heavy atom. The standard InChI is InChI=1S/C12H18ClNOS/c1-5-16(15,14-4)10-6-7-11(9(2)3)12(13)8-10/h6-9H,5H2,1-4H3. The second kappa shape index (κ2) is 5.19. The quantitative estimate of drug-likeness (QED) is 0.809. The van der Waals surface area contributed by atoms with Gasteiger partial charge in [-0.25, -0.2) is 8.57 Å². The van der Waals surface area contributed by atoms with Crippen LogP contribution < -0.4 is 0 Å². The van der Waals surface area contributed by atoms with Gasteiger partial charge in [0.25, 0.3) is 0 Å². The molecular formula is C12H18ClNOS. The van der Waals surface area contributed by atoms with Crippen molar-refractivity contribution in [1.29, 1.82) is 0 Å². The van der Waals surface area contributed by atoms with Crippen LogP contribution in [0.5, 0.6) is 0 Å². The average molecular weight is 260 g/mol. The third-order valence-corrected chi connectivity index (χ3v) is 5.34. The molecule has 2 nitrogen and oxygen atoms in total. The summed E-state index contributed by atoms with van der Waals surface area (Å²) in [5.41, 5.74) is 1.08. The molecule has 1 atom stereocenters. The minimum absolute atomic E-state index is 0.373. The second-order valence-corrected chi connectivity index (χ2v) is 7.05. The molecule has 0 aliphatic rings. The molecule has 16 heavy (non-hydrogen) atoms. The zero-order chi connectivity index (χ0) is 12.3. The number of hydrogen-bond acceptors (Lipinski definition) is 2. The molecule has 90 valence electrons. The van der Waals surface area contributed by atoms with Crippen LogP contribution in [0.1, 0.15) is 32.3 Å². The summed E-state index contributed by atoms with van der Waals surface area (Å²) in [6.07, 6.45) is 0. The van der Waals surface area contributed by atoms with E-state index < -0.39 is 9.73 Å². The first-order chi connectivity index (χ1) is 7.44. The monoisotopic (exact) mass is 259 g/mol. The summed E-state index contributed by atoms with van der Waals surface area (Å²) in [7, 11) is -0.675. The average Bonchev–Trinajstić information content (AvgIpc) is 2.27. The van der Waals surface area contributed by atoms with Crippen LogP contribution in [0.25, 0.3) is 0 Å². The summed E-state index contributed by atoms with van der Waals surface area (Å²) in [5, 5.41) is 0.678. The lowest BCUT2D eigenvalue weighted by Crippen LogP contribution is -2.04. The number of benzene rings is 1. The van der Waals surface area contributed by atoms with Gasteiger partial charge >= 0.3 is 0 Å². The molecule has 1 rings (SSSR count). The minimum Gasteiger partial charge on any atom is -0.245 e. The Bertz CT molecular complexity index is 488. The molecule has 1 aromatic rings. The van der Waals surface area contributed by atoms with E-state index in [-0.39, 0.29) is 0 Å². The molecule has 0 saturated heterocycles. The molecule has 0 amide bonds. The molecule has 0 aliphatic carbocycles. The fourth-order valence-electron chi connectivity index (χ4n) is 1.58. The largest absolute Gasteiger partial charge is 0.245 e. The number of nitrogens with zero attached hydrogens (tertiary/aromatic N) is 1. The normalized spacial score (nSPS) is 14.9. The maximum absolute atomic E-state index is 12.3. The van der Waals surface area contributed by atoms with Gasteiger partial charge in [-0.05, 0) is 23.6 Å². The molecule has 0 saturated carbocycles. The molecule has 0 spiro atoms. The van der Waals surface area contributed by atoms with Crippen LogP contribution in [0, 0.1) is 0 Å². The Morgan fingerprint density at radius 1 is 1.44 bits per heavy atom. The van der Waals surface area contributed by atoms with Gasteiger partial charge < -0.3 is 0 Å². The van der Waals surface area contributed by atoms with Crippen LogP contribution in [0.4, 0.5) is 0 Å². The highest BCUT2D eigenvalue weighted by Crippen LogP contribution is 2.27. The molecule has 0 fully saturated rings. The van der Waals surface area contributed by atoms with Crippen LogP contribution in [0.3, 0.4) is 0 Å². The van der Waals surface area contributed by atoms with E-state index in [4.69, 9.17) is 11.6 Å². The smallest absolute Gasteiger partial charge is 0.0747 e. The van der Waals surface area contributed by atoms with E-state index in [0.717, 1.165) is 10.5 Å². The lowest BCUT2D eigenvalue weighted by atomic mass is 10.0. The summed E-state index contributed by atoms with van der Waals surface area (Å²) >= 11 is 6.18. The van der Waals surface area contributed by atoms with E-state index in [9.17, 15) is 4.21 Å². The molecule has 4 heteroatoms. The van der Waals surface area contributed by atoms with Gasteiger partial charge in [0.15, 0.2) is 0 Å². The Labute approximate surface area is 103 Å². The molecule has 0 N–H and O–H groups in total. The zero-order valence-electron chi connectivity index (χ0n) is 10.2. The molecule has 0 heterocycles. The van der Waals surface area contributed by atoms with Gasteiger partial charge in [0, 0.05) is 22.7 Å². The third kappa shape index (κ3) is 2.58. The lowest BCUT2D eigenvalue weighted by molar-refractivity contribution is 0.676. The highest BCUT2D eigenvalue weighted by Gasteiger charge is 2.12. The Kier molecular flexibility index (Phi) is 4.39. The molecular weight excluding hydrogens is 242 g/mol. The van der Waals surface area contributed by atoms with Gasteiger partial charge in [-0.2, -0.15) is 0 Å². The van der Waals surface area contributed by atoms with E-state index in [0.29, 0.717) is 16.7 Å². The highest BCUT2D eigenvalue weighted by atomic mass is 35.5. The zero-order valence-corrected chi connectivity index (χ0v) is 11.7. The van der Waals surface area contributed by atoms with Crippen molar-refractivity contribution in [3.8, 4) is 0 Å². The fourth-order valence-corrected chi connectivity index (χ4v) is 3.42. The van der Waals surface area contributed by atoms with Crippen LogP contribution in [-0.2, 0) is 9.73 Å². The summed E-state index contributed by atoms with van der Waals surface area (Å²) in [4.78, 5) is 0.729. The van der Waals surface area contributed by atoms with Gasteiger partial charge in [0.2, 0.25) is 0 Å². The van der Waals surface area contributed by atoms with Crippen LogP contribution >= 0.6 is 11.6 Å².